The monoisotopic (exact) mass is 419 g/mol. The quantitative estimate of drug-likeness (QED) is 0.602. The van der Waals surface area contributed by atoms with E-state index in [0.717, 1.165) is 0 Å². The third kappa shape index (κ3) is 6.58. The zero-order chi connectivity index (χ0) is 21.6. The lowest BCUT2D eigenvalue weighted by Crippen LogP contribution is -2.47. The zero-order valence-electron chi connectivity index (χ0n) is 16.5. The Morgan fingerprint density at radius 3 is 2.41 bits per heavy atom. The van der Waals surface area contributed by atoms with Crippen LogP contribution in [0.25, 0.3) is 0 Å². The molecule has 1 unspecified atom stereocenters. The fourth-order valence-corrected chi connectivity index (χ4v) is 3.42. The maximum Gasteiger partial charge on any atom is 0.255 e. The van der Waals surface area contributed by atoms with E-state index in [-0.39, 0.29) is 11.7 Å². The van der Waals surface area contributed by atoms with Crippen LogP contribution in [0.5, 0.6) is 5.75 Å². The highest BCUT2D eigenvalue weighted by molar-refractivity contribution is 7.88. The molecule has 9 heteroatoms. The van der Waals surface area contributed by atoms with Gasteiger partial charge in [-0.15, -0.1) is 0 Å². The molecule has 0 saturated heterocycles. The van der Waals surface area contributed by atoms with Gasteiger partial charge in [0.1, 0.15) is 11.8 Å². The van der Waals surface area contributed by atoms with Crippen LogP contribution in [0.15, 0.2) is 48.5 Å². The normalized spacial score (nSPS) is 12.3. The minimum Gasteiger partial charge on any atom is -0.496 e. The minimum atomic E-state index is -3.69. The average molecular weight is 420 g/mol. The first-order valence-corrected chi connectivity index (χ1v) is 10.7. The summed E-state index contributed by atoms with van der Waals surface area (Å²) in [5, 5.41) is 10.5. The summed E-state index contributed by atoms with van der Waals surface area (Å²) in [6.07, 6.45) is 0. The van der Waals surface area contributed by atoms with Gasteiger partial charge in [-0.3, -0.25) is 9.59 Å². The molecule has 2 aromatic rings. The Morgan fingerprint density at radius 2 is 1.79 bits per heavy atom. The summed E-state index contributed by atoms with van der Waals surface area (Å²) in [5.74, 6) is -0.977. The van der Waals surface area contributed by atoms with Gasteiger partial charge in [-0.25, -0.2) is 13.6 Å². The molecule has 2 rings (SSSR count). The number of nitrogens with two attached hydrogens (primary N) is 1. The fraction of sp³-hybridized carbons (Fsp3) is 0.300. The van der Waals surface area contributed by atoms with E-state index >= 15 is 0 Å². The van der Waals surface area contributed by atoms with Crippen molar-refractivity contribution in [1.82, 2.24) is 5.32 Å². The standard InChI is InChI=1S/C20H25N3O5S/c1-13(2)18(23-19(24)16-9-4-5-10-17(16)28-3)20(25)22-15-8-6-7-14(11-15)12-29(21,26)27/h4-11,13,18H,12H2,1-3H3,(H,22,25)(H,23,24)(H2,21,26,27). The Morgan fingerprint density at radius 1 is 1.10 bits per heavy atom. The van der Waals surface area contributed by atoms with Gasteiger partial charge >= 0.3 is 0 Å². The summed E-state index contributed by atoms with van der Waals surface area (Å²) < 4.78 is 27.7. The van der Waals surface area contributed by atoms with Gasteiger partial charge in [0.2, 0.25) is 15.9 Å². The van der Waals surface area contributed by atoms with Crippen molar-refractivity contribution in [1.29, 1.82) is 0 Å². The maximum absolute atomic E-state index is 12.8. The van der Waals surface area contributed by atoms with Crippen LogP contribution < -0.4 is 20.5 Å². The van der Waals surface area contributed by atoms with Gasteiger partial charge in [0, 0.05) is 5.69 Å². The molecule has 1 atom stereocenters. The Hall–Kier alpha value is -2.91. The Balaban J connectivity index is 2.16. The molecule has 0 aromatic heterocycles. The van der Waals surface area contributed by atoms with Gasteiger partial charge in [-0.2, -0.15) is 0 Å². The lowest BCUT2D eigenvalue weighted by Gasteiger charge is -2.22. The van der Waals surface area contributed by atoms with E-state index in [1.54, 1.807) is 42.5 Å². The van der Waals surface area contributed by atoms with Crippen molar-refractivity contribution in [3.63, 3.8) is 0 Å². The van der Waals surface area contributed by atoms with E-state index in [1.807, 2.05) is 13.8 Å². The second-order valence-corrected chi connectivity index (χ2v) is 8.51. The molecule has 0 saturated carbocycles. The molecular formula is C20H25N3O5S. The summed E-state index contributed by atoms with van der Waals surface area (Å²) >= 11 is 0. The number of sulfonamides is 1. The first-order chi connectivity index (χ1) is 13.6. The topological polar surface area (TPSA) is 128 Å². The molecule has 2 aromatic carbocycles. The number of anilines is 1. The smallest absolute Gasteiger partial charge is 0.255 e. The molecular weight excluding hydrogens is 394 g/mol. The predicted molar refractivity (Wildman–Crippen MR) is 111 cm³/mol. The third-order valence-corrected chi connectivity index (χ3v) is 4.89. The van der Waals surface area contributed by atoms with Crippen molar-refractivity contribution in [3.05, 3.63) is 59.7 Å². The van der Waals surface area contributed by atoms with Crippen molar-refractivity contribution < 1.29 is 22.7 Å². The van der Waals surface area contributed by atoms with E-state index in [2.05, 4.69) is 10.6 Å². The molecule has 156 valence electrons. The highest BCUT2D eigenvalue weighted by atomic mass is 32.2. The fourth-order valence-electron chi connectivity index (χ4n) is 2.78. The molecule has 8 nitrogen and oxygen atoms in total. The number of amides is 2. The highest BCUT2D eigenvalue weighted by Crippen LogP contribution is 2.18. The predicted octanol–water partition coefficient (Wildman–Crippen LogP) is 1.88. The molecule has 0 spiro atoms. The molecule has 0 radical (unpaired) electrons. The molecule has 0 aliphatic rings. The van der Waals surface area contributed by atoms with Crippen LogP contribution in [-0.2, 0) is 20.6 Å². The van der Waals surface area contributed by atoms with Crippen molar-refractivity contribution >= 4 is 27.5 Å². The second kappa shape index (κ2) is 9.53. The van der Waals surface area contributed by atoms with Crippen molar-refractivity contribution in [3.8, 4) is 5.75 Å². The molecule has 4 N–H and O–H groups in total. The van der Waals surface area contributed by atoms with Gasteiger partial charge < -0.3 is 15.4 Å². The number of carbonyl (C=O) groups is 2. The van der Waals surface area contributed by atoms with Gasteiger partial charge in [0.25, 0.3) is 5.91 Å². The van der Waals surface area contributed by atoms with Gasteiger partial charge in [-0.1, -0.05) is 38.1 Å². The van der Waals surface area contributed by atoms with Crippen LogP contribution in [0.3, 0.4) is 0 Å². The maximum atomic E-state index is 12.8. The van der Waals surface area contributed by atoms with Gasteiger partial charge in [0.05, 0.1) is 18.4 Å². The van der Waals surface area contributed by atoms with E-state index in [1.165, 1.54) is 13.2 Å². The molecule has 0 aliphatic heterocycles. The summed E-state index contributed by atoms with van der Waals surface area (Å²) in [5.41, 5.74) is 1.18. The summed E-state index contributed by atoms with van der Waals surface area (Å²) in [4.78, 5) is 25.4. The summed E-state index contributed by atoms with van der Waals surface area (Å²) in [7, 11) is -2.22. The molecule has 0 bridgehead atoms. The van der Waals surface area contributed by atoms with Crippen LogP contribution >= 0.6 is 0 Å². The number of ether oxygens (including phenoxy) is 1. The van der Waals surface area contributed by atoms with Crippen LogP contribution in [0.1, 0.15) is 29.8 Å². The number of hydrogen-bond acceptors (Lipinski definition) is 5. The Kier molecular flexibility index (Phi) is 7.35. The lowest BCUT2D eigenvalue weighted by molar-refractivity contribution is -0.118. The Bertz CT molecular complexity index is 989. The number of benzene rings is 2. The van der Waals surface area contributed by atoms with Crippen molar-refractivity contribution in [2.45, 2.75) is 25.6 Å². The molecule has 0 fully saturated rings. The van der Waals surface area contributed by atoms with Crippen LogP contribution in [0.4, 0.5) is 5.69 Å². The first kappa shape index (κ1) is 22.4. The molecule has 0 aliphatic carbocycles. The third-order valence-electron chi connectivity index (χ3n) is 4.15. The first-order valence-electron chi connectivity index (χ1n) is 8.95. The highest BCUT2D eigenvalue weighted by Gasteiger charge is 2.26. The van der Waals surface area contributed by atoms with Crippen molar-refractivity contribution in [2.75, 3.05) is 12.4 Å². The van der Waals surface area contributed by atoms with E-state index in [0.29, 0.717) is 22.6 Å². The van der Waals surface area contributed by atoms with E-state index in [4.69, 9.17) is 9.88 Å². The zero-order valence-corrected chi connectivity index (χ0v) is 17.3. The summed E-state index contributed by atoms with van der Waals surface area (Å²) in [6, 6.07) is 12.3. The molecule has 0 heterocycles. The van der Waals surface area contributed by atoms with E-state index in [9.17, 15) is 18.0 Å². The summed E-state index contributed by atoms with van der Waals surface area (Å²) in [6.45, 7) is 3.62. The van der Waals surface area contributed by atoms with E-state index < -0.39 is 27.9 Å². The number of hydrogen-bond donors (Lipinski definition) is 3. The number of nitrogens with one attached hydrogen (secondary N) is 2. The number of para-hydroxylation sites is 1. The largest absolute Gasteiger partial charge is 0.496 e. The molecule has 29 heavy (non-hydrogen) atoms. The Labute approximate surface area is 170 Å². The number of methoxy groups -OCH3 is 1. The number of carbonyl (C=O) groups excluding carboxylic acids is 2. The SMILES string of the molecule is COc1ccccc1C(=O)NC(C(=O)Nc1cccc(CS(N)(=O)=O)c1)C(C)C. The van der Waals surface area contributed by atoms with Crippen LogP contribution in [0, 0.1) is 5.92 Å². The molecule has 2 amide bonds. The van der Waals surface area contributed by atoms with Crippen molar-refractivity contribution in [2.24, 2.45) is 11.1 Å². The average Bonchev–Trinajstić information content (AvgIpc) is 2.64. The lowest BCUT2D eigenvalue weighted by atomic mass is 10.0. The van der Waals surface area contributed by atoms with Gasteiger partial charge in [-0.05, 0) is 35.7 Å². The minimum absolute atomic E-state index is 0.193. The number of rotatable bonds is 8. The van der Waals surface area contributed by atoms with Crippen LogP contribution in [-0.4, -0.2) is 33.4 Å². The van der Waals surface area contributed by atoms with Crippen LogP contribution in [0.2, 0.25) is 0 Å². The second-order valence-electron chi connectivity index (χ2n) is 6.89. The van der Waals surface area contributed by atoms with Gasteiger partial charge in [0.15, 0.2) is 0 Å². The number of primary sulfonamides is 1.